The highest BCUT2D eigenvalue weighted by Gasteiger charge is 2.21. The van der Waals surface area contributed by atoms with E-state index in [9.17, 15) is 13.2 Å². The molecular weight excluding hydrogens is 388 g/mol. The lowest BCUT2D eigenvalue weighted by Gasteiger charge is -2.15. The first-order valence-corrected chi connectivity index (χ1v) is 10.2. The van der Waals surface area contributed by atoms with Gasteiger partial charge in [0.2, 0.25) is 0 Å². The van der Waals surface area contributed by atoms with Gasteiger partial charge in [-0.15, -0.1) is 0 Å². The summed E-state index contributed by atoms with van der Waals surface area (Å²) in [6.45, 7) is 5.86. The molecule has 0 fully saturated rings. The van der Waals surface area contributed by atoms with Gasteiger partial charge in [0.25, 0.3) is 15.9 Å². The second-order valence-corrected chi connectivity index (χ2v) is 8.39. The first-order valence-electron chi connectivity index (χ1n) is 8.34. The molecule has 0 saturated heterocycles. The number of sulfonamides is 1. The third-order valence-electron chi connectivity index (χ3n) is 4.13. The van der Waals surface area contributed by atoms with E-state index in [-0.39, 0.29) is 21.5 Å². The van der Waals surface area contributed by atoms with Crippen LogP contribution >= 0.6 is 11.6 Å². The van der Waals surface area contributed by atoms with Crippen molar-refractivity contribution in [2.45, 2.75) is 31.7 Å². The zero-order chi connectivity index (χ0) is 20.2. The average Bonchev–Trinajstić information content (AvgIpc) is 2.59. The second kappa shape index (κ2) is 8.73. The Morgan fingerprint density at radius 1 is 1.22 bits per heavy atom. The quantitative estimate of drug-likeness (QED) is 0.731. The van der Waals surface area contributed by atoms with Crippen molar-refractivity contribution in [2.75, 3.05) is 18.4 Å². The van der Waals surface area contributed by atoms with Crippen LogP contribution in [-0.2, 0) is 14.8 Å². The smallest absolute Gasteiger partial charge is 0.263 e. The number of halogens is 1. The maximum atomic E-state index is 12.8. The van der Waals surface area contributed by atoms with Crippen LogP contribution in [0.15, 0.2) is 41.3 Å². The van der Waals surface area contributed by atoms with Crippen LogP contribution in [0.1, 0.15) is 28.4 Å². The molecule has 8 heteroatoms. The molecule has 2 aromatic rings. The van der Waals surface area contributed by atoms with Crippen LogP contribution in [0.2, 0.25) is 5.02 Å². The maximum Gasteiger partial charge on any atom is 0.263 e. The fraction of sp³-hybridized carbons (Fsp3) is 0.316. The minimum absolute atomic E-state index is 0.0364. The van der Waals surface area contributed by atoms with Crippen molar-refractivity contribution in [1.29, 1.82) is 0 Å². The Hall–Kier alpha value is -2.09. The van der Waals surface area contributed by atoms with Crippen LogP contribution in [0.3, 0.4) is 0 Å². The number of rotatable bonds is 7. The van der Waals surface area contributed by atoms with Crippen molar-refractivity contribution in [3.8, 4) is 0 Å². The third-order valence-corrected chi connectivity index (χ3v) is 5.97. The molecule has 0 aliphatic carbocycles. The molecule has 6 nitrogen and oxygen atoms in total. The number of ether oxygens (including phenoxy) is 1. The summed E-state index contributed by atoms with van der Waals surface area (Å²) in [5.74, 6) is -0.403. The monoisotopic (exact) mass is 410 g/mol. The largest absolute Gasteiger partial charge is 0.383 e. The van der Waals surface area contributed by atoms with Gasteiger partial charge in [-0.2, -0.15) is 0 Å². The molecule has 1 atom stereocenters. The van der Waals surface area contributed by atoms with Crippen LogP contribution in [0.4, 0.5) is 5.69 Å². The van der Waals surface area contributed by atoms with Crippen molar-refractivity contribution < 1.29 is 17.9 Å². The van der Waals surface area contributed by atoms with Crippen LogP contribution in [0.5, 0.6) is 0 Å². The lowest BCUT2D eigenvalue weighted by atomic mass is 10.1. The lowest BCUT2D eigenvalue weighted by molar-refractivity contribution is 0.0905. The molecule has 0 saturated carbocycles. The number of hydrogen-bond acceptors (Lipinski definition) is 4. The van der Waals surface area contributed by atoms with Gasteiger partial charge in [-0.1, -0.05) is 23.7 Å². The van der Waals surface area contributed by atoms with E-state index < -0.39 is 15.9 Å². The van der Waals surface area contributed by atoms with E-state index in [1.54, 1.807) is 19.1 Å². The molecule has 2 rings (SSSR count). The van der Waals surface area contributed by atoms with Crippen molar-refractivity contribution in [1.82, 2.24) is 5.32 Å². The standard InChI is InChI=1S/C19H23ClN2O4S/c1-12-6-5-7-17(14(12)3)22-27(24,25)18-10-15(8-9-16(18)20)19(23)21-13(2)11-26-4/h5-10,13,22H,11H2,1-4H3,(H,21,23)/t13-/m0/s1. The van der Waals surface area contributed by atoms with Gasteiger partial charge in [0, 0.05) is 18.7 Å². The Labute approximate surface area is 164 Å². The van der Waals surface area contributed by atoms with E-state index in [2.05, 4.69) is 10.0 Å². The number of hydrogen-bond donors (Lipinski definition) is 2. The predicted molar refractivity (Wildman–Crippen MR) is 107 cm³/mol. The minimum Gasteiger partial charge on any atom is -0.383 e. The zero-order valence-electron chi connectivity index (χ0n) is 15.7. The van der Waals surface area contributed by atoms with Gasteiger partial charge in [0.05, 0.1) is 17.3 Å². The second-order valence-electron chi connectivity index (χ2n) is 6.33. The van der Waals surface area contributed by atoms with Crippen LogP contribution in [0, 0.1) is 13.8 Å². The number of methoxy groups -OCH3 is 1. The number of amides is 1. The van der Waals surface area contributed by atoms with Crippen molar-refractivity contribution >= 4 is 33.2 Å². The SMILES string of the molecule is COC[C@H](C)NC(=O)c1ccc(Cl)c(S(=O)(=O)Nc2cccc(C)c2C)c1. The Balaban J connectivity index is 2.34. The highest BCUT2D eigenvalue weighted by molar-refractivity contribution is 7.92. The van der Waals surface area contributed by atoms with Gasteiger partial charge in [0.1, 0.15) is 4.90 Å². The van der Waals surface area contributed by atoms with Crippen LogP contribution in [0.25, 0.3) is 0 Å². The summed E-state index contributed by atoms with van der Waals surface area (Å²) in [5.41, 5.74) is 2.44. The zero-order valence-corrected chi connectivity index (χ0v) is 17.2. The summed E-state index contributed by atoms with van der Waals surface area (Å²) in [6.07, 6.45) is 0. The molecule has 0 aromatic heterocycles. The molecule has 0 aliphatic heterocycles. The molecule has 0 aliphatic rings. The molecule has 2 aromatic carbocycles. The van der Waals surface area contributed by atoms with Crippen molar-refractivity contribution in [2.24, 2.45) is 0 Å². The normalized spacial score (nSPS) is 12.5. The van der Waals surface area contributed by atoms with Crippen LogP contribution < -0.4 is 10.0 Å². The number of nitrogens with one attached hydrogen (secondary N) is 2. The van der Waals surface area contributed by atoms with Crippen molar-refractivity contribution in [3.63, 3.8) is 0 Å². The summed E-state index contributed by atoms with van der Waals surface area (Å²) < 4.78 is 33.2. The summed E-state index contributed by atoms with van der Waals surface area (Å²) in [7, 11) is -2.43. The van der Waals surface area contributed by atoms with Crippen LogP contribution in [-0.4, -0.2) is 34.1 Å². The van der Waals surface area contributed by atoms with E-state index in [0.29, 0.717) is 12.3 Å². The Morgan fingerprint density at radius 2 is 1.93 bits per heavy atom. The fourth-order valence-corrected chi connectivity index (χ4v) is 4.16. The van der Waals surface area contributed by atoms with E-state index in [0.717, 1.165) is 11.1 Å². The van der Waals surface area contributed by atoms with Crippen molar-refractivity contribution in [3.05, 3.63) is 58.1 Å². The molecule has 0 unspecified atom stereocenters. The maximum absolute atomic E-state index is 12.8. The summed E-state index contributed by atoms with van der Waals surface area (Å²) >= 11 is 6.11. The molecule has 2 N–H and O–H groups in total. The highest BCUT2D eigenvalue weighted by atomic mass is 35.5. The van der Waals surface area contributed by atoms with Gasteiger partial charge in [-0.25, -0.2) is 8.42 Å². The number of carbonyl (C=O) groups excluding carboxylic acids is 1. The molecule has 0 heterocycles. The molecule has 0 radical (unpaired) electrons. The minimum atomic E-state index is -3.96. The lowest BCUT2D eigenvalue weighted by Crippen LogP contribution is -2.35. The third kappa shape index (κ3) is 5.22. The molecule has 0 spiro atoms. The summed E-state index contributed by atoms with van der Waals surface area (Å²) in [6, 6.07) is 9.27. The number of anilines is 1. The molecule has 0 bridgehead atoms. The Morgan fingerprint density at radius 3 is 2.59 bits per heavy atom. The molecule has 146 valence electrons. The molecule has 1 amide bonds. The first kappa shape index (κ1) is 21.2. The van der Waals surface area contributed by atoms with Gasteiger partial charge >= 0.3 is 0 Å². The summed E-state index contributed by atoms with van der Waals surface area (Å²) in [4.78, 5) is 12.2. The fourth-order valence-electron chi connectivity index (χ4n) is 2.51. The van der Waals surface area contributed by atoms with Gasteiger partial charge < -0.3 is 10.1 Å². The molecular formula is C19H23ClN2O4S. The topological polar surface area (TPSA) is 84.5 Å². The molecule has 27 heavy (non-hydrogen) atoms. The van der Waals surface area contributed by atoms with Gasteiger partial charge in [-0.05, 0) is 56.2 Å². The Kier molecular flexibility index (Phi) is 6.86. The van der Waals surface area contributed by atoms with E-state index in [1.807, 2.05) is 19.9 Å². The summed E-state index contributed by atoms with van der Waals surface area (Å²) in [5, 5.41) is 2.78. The number of benzene rings is 2. The first-order chi connectivity index (χ1) is 12.7. The van der Waals surface area contributed by atoms with E-state index in [1.165, 1.54) is 25.3 Å². The van der Waals surface area contributed by atoms with E-state index >= 15 is 0 Å². The predicted octanol–water partition coefficient (Wildman–Crippen LogP) is 3.52. The van der Waals surface area contributed by atoms with Gasteiger partial charge in [0.15, 0.2) is 0 Å². The Bertz CT molecular complexity index is 945. The number of carbonyl (C=O) groups is 1. The van der Waals surface area contributed by atoms with E-state index in [4.69, 9.17) is 16.3 Å². The number of aryl methyl sites for hydroxylation is 1. The van der Waals surface area contributed by atoms with Gasteiger partial charge in [-0.3, -0.25) is 9.52 Å². The highest BCUT2D eigenvalue weighted by Crippen LogP contribution is 2.27. The average molecular weight is 411 g/mol.